The summed E-state index contributed by atoms with van der Waals surface area (Å²) in [4.78, 5) is 21.5. The van der Waals surface area contributed by atoms with Crippen LogP contribution in [0.2, 0.25) is 0 Å². The van der Waals surface area contributed by atoms with Crippen molar-refractivity contribution in [1.29, 1.82) is 0 Å². The third-order valence-electron chi connectivity index (χ3n) is 4.75. The lowest BCUT2D eigenvalue weighted by atomic mass is 10.1. The highest BCUT2D eigenvalue weighted by Crippen LogP contribution is 2.11. The van der Waals surface area contributed by atoms with Crippen LogP contribution in [0.15, 0.2) is 12.2 Å². The first-order chi connectivity index (χ1) is 13.2. The minimum Gasteiger partial charge on any atom is -0.479 e. The van der Waals surface area contributed by atoms with Gasteiger partial charge in [-0.1, -0.05) is 89.7 Å². The molecule has 0 aromatic carbocycles. The Balaban J connectivity index is 3.18. The predicted octanol–water partition coefficient (Wildman–Crippen LogP) is 6.82. The highest BCUT2D eigenvalue weighted by Gasteiger charge is 2.05. The van der Waals surface area contributed by atoms with E-state index >= 15 is 0 Å². The largest absolute Gasteiger partial charge is 0.479 e. The van der Waals surface area contributed by atoms with Gasteiger partial charge < -0.3 is 9.84 Å². The zero-order valence-electron chi connectivity index (χ0n) is 17.6. The van der Waals surface area contributed by atoms with Crippen LogP contribution in [-0.2, 0) is 14.3 Å². The summed E-state index contributed by atoms with van der Waals surface area (Å²) in [6.45, 7) is 1.74. The SMILES string of the molecule is CCCCCCCCC/C=C\CCCCCCCCCC(=O)OCC(=O)O. The van der Waals surface area contributed by atoms with E-state index in [2.05, 4.69) is 23.8 Å². The molecule has 0 heterocycles. The molecule has 0 spiro atoms. The number of esters is 1. The summed E-state index contributed by atoms with van der Waals surface area (Å²) in [5.74, 6) is -1.50. The maximum atomic E-state index is 11.2. The van der Waals surface area contributed by atoms with Crippen molar-refractivity contribution < 1.29 is 19.4 Å². The van der Waals surface area contributed by atoms with Gasteiger partial charge in [0.15, 0.2) is 6.61 Å². The van der Waals surface area contributed by atoms with Crippen molar-refractivity contribution in [3.63, 3.8) is 0 Å². The van der Waals surface area contributed by atoms with E-state index in [9.17, 15) is 9.59 Å². The Morgan fingerprint density at radius 3 is 1.63 bits per heavy atom. The first-order valence-corrected chi connectivity index (χ1v) is 11.2. The van der Waals surface area contributed by atoms with Gasteiger partial charge in [-0.25, -0.2) is 4.79 Å². The van der Waals surface area contributed by atoms with E-state index < -0.39 is 18.5 Å². The normalized spacial score (nSPS) is 11.1. The molecule has 158 valence electrons. The molecule has 0 aliphatic carbocycles. The molecule has 0 aliphatic rings. The van der Waals surface area contributed by atoms with E-state index in [-0.39, 0.29) is 0 Å². The fourth-order valence-corrected chi connectivity index (χ4v) is 3.08. The highest BCUT2D eigenvalue weighted by molar-refractivity contribution is 5.75. The van der Waals surface area contributed by atoms with Crippen LogP contribution in [0.5, 0.6) is 0 Å². The second-order valence-electron chi connectivity index (χ2n) is 7.45. The lowest BCUT2D eigenvalue weighted by Gasteiger charge is -2.02. The van der Waals surface area contributed by atoms with Gasteiger partial charge in [0.2, 0.25) is 0 Å². The molecule has 0 aromatic rings. The van der Waals surface area contributed by atoms with Gasteiger partial charge in [-0.05, 0) is 32.1 Å². The molecule has 0 radical (unpaired) electrons. The standard InChI is InChI=1S/C23H42O4/c1-2-3-4-5-6-7-8-9-10-11-12-13-14-15-16-17-18-19-20-23(26)27-21-22(24)25/h10-11H,2-9,12-21H2,1H3,(H,24,25)/b11-10-. The van der Waals surface area contributed by atoms with Gasteiger partial charge in [0, 0.05) is 6.42 Å². The van der Waals surface area contributed by atoms with Crippen LogP contribution in [-0.4, -0.2) is 23.7 Å². The average Bonchev–Trinajstić information content (AvgIpc) is 2.65. The van der Waals surface area contributed by atoms with Crippen molar-refractivity contribution >= 4 is 11.9 Å². The van der Waals surface area contributed by atoms with Gasteiger partial charge in [0.1, 0.15) is 0 Å². The van der Waals surface area contributed by atoms with E-state index in [1.807, 2.05) is 0 Å². The van der Waals surface area contributed by atoms with Crippen LogP contribution in [0.25, 0.3) is 0 Å². The van der Waals surface area contributed by atoms with Crippen molar-refractivity contribution in [3.05, 3.63) is 12.2 Å². The van der Waals surface area contributed by atoms with Crippen LogP contribution >= 0.6 is 0 Å². The van der Waals surface area contributed by atoms with Gasteiger partial charge in [-0.3, -0.25) is 4.79 Å². The Hall–Kier alpha value is -1.32. The maximum Gasteiger partial charge on any atom is 0.341 e. The summed E-state index contributed by atoms with van der Waals surface area (Å²) in [5.41, 5.74) is 0. The van der Waals surface area contributed by atoms with Crippen molar-refractivity contribution in [2.24, 2.45) is 0 Å². The van der Waals surface area contributed by atoms with Gasteiger partial charge in [-0.2, -0.15) is 0 Å². The Morgan fingerprint density at radius 2 is 1.15 bits per heavy atom. The number of carbonyl (C=O) groups excluding carboxylic acids is 1. The molecule has 0 unspecified atom stereocenters. The zero-order chi connectivity index (χ0) is 20.0. The van der Waals surface area contributed by atoms with Crippen molar-refractivity contribution in [3.8, 4) is 0 Å². The molecule has 0 atom stereocenters. The van der Waals surface area contributed by atoms with Crippen molar-refractivity contribution in [1.82, 2.24) is 0 Å². The van der Waals surface area contributed by atoms with E-state index in [1.54, 1.807) is 0 Å². The Bertz CT molecular complexity index is 377. The molecule has 1 N–H and O–H groups in total. The van der Waals surface area contributed by atoms with E-state index in [0.717, 1.165) is 19.3 Å². The minimum atomic E-state index is -1.10. The number of carbonyl (C=O) groups is 2. The number of allylic oxidation sites excluding steroid dienone is 2. The summed E-state index contributed by atoms with van der Waals surface area (Å²) in [7, 11) is 0. The molecule has 0 aromatic heterocycles. The van der Waals surface area contributed by atoms with E-state index in [0.29, 0.717) is 6.42 Å². The third kappa shape index (κ3) is 22.6. The third-order valence-corrected chi connectivity index (χ3v) is 4.75. The number of hydrogen-bond donors (Lipinski definition) is 1. The fourth-order valence-electron chi connectivity index (χ4n) is 3.08. The topological polar surface area (TPSA) is 63.6 Å². The summed E-state index contributed by atoms with van der Waals surface area (Å²) >= 11 is 0. The van der Waals surface area contributed by atoms with Crippen molar-refractivity contribution in [2.45, 2.75) is 116 Å². The summed E-state index contributed by atoms with van der Waals surface area (Å²) in [5, 5.41) is 8.41. The van der Waals surface area contributed by atoms with Crippen LogP contribution in [0, 0.1) is 0 Å². The molecule has 0 bridgehead atoms. The lowest BCUT2D eigenvalue weighted by Crippen LogP contribution is -2.12. The summed E-state index contributed by atoms with van der Waals surface area (Å²) in [6.07, 6.45) is 25.1. The molecule has 0 saturated carbocycles. The monoisotopic (exact) mass is 382 g/mol. The lowest BCUT2D eigenvalue weighted by molar-refractivity contribution is -0.155. The predicted molar refractivity (Wildman–Crippen MR) is 112 cm³/mol. The Kier molecular flexibility index (Phi) is 20.0. The van der Waals surface area contributed by atoms with Crippen LogP contribution < -0.4 is 0 Å². The first kappa shape index (κ1) is 25.7. The minimum absolute atomic E-state index is 0.330. The van der Waals surface area contributed by atoms with Crippen LogP contribution in [0.3, 0.4) is 0 Å². The molecule has 0 amide bonds. The Morgan fingerprint density at radius 1 is 0.704 bits per heavy atom. The van der Waals surface area contributed by atoms with Crippen LogP contribution in [0.4, 0.5) is 0 Å². The number of ether oxygens (including phenoxy) is 1. The molecule has 0 fully saturated rings. The quantitative estimate of drug-likeness (QED) is 0.142. The van der Waals surface area contributed by atoms with Gasteiger partial charge in [0.25, 0.3) is 0 Å². The van der Waals surface area contributed by atoms with E-state index in [1.165, 1.54) is 83.5 Å². The van der Waals surface area contributed by atoms with E-state index in [4.69, 9.17) is 5.11 Å². The molecule has 0 saturated heterocycles. The number of rotatable bonds is 20. The van der Waals surface area contributed by atoms with Crippen LogP contribution in [0.1, 0.15) is 116 Å². The van der Waals surface area contributed by atoms with Crippen molar-refractivity contribution in [2.75, 3.05) is 6.61 Å². The molecule has 4 heteroatoms. The Labute approximate surface area is 166 Å². The van der Waals surface area contributed by atoms with Gasteiger partial charge in [0.05, 0.1) is 0 Å². The zero-order valence-corrected chi connectivity index (χ0v) is 17.6. The molecule has 4 nitrogen and oxygen atoms in total. The maximum absolute atomic E-state index is 11.2. The summed E-state index contributed by atoms with van der Waals surface area (Å²) in [6, 6.07) is 0. The second-order valence-corrected chi connectivity index (χ2v) is 7.45. The highest BCUT2D eigenvalue weighted by atomic mass is 16.5. The molecular formula is C23H42O4. The molecule has 27 heavy (non-hydrogen) atoms. The van der Waals surface area contributed by atoms with Gasteiger partial charge >= 0.3 is 11.9 Å². The van der Waals surface area contributed by atoms with Gasteiger partial charge in [-0.15, -0.1) is 0 Å². The number of carboxylic acid groups (broad SMARTS) is 1. The fraction of sp³-hybridized carbons (Fsp3) is 0.826. The average molecular weight is 383 g/mol. The second kappa shape index (κ2) is 21.0. The summed E-state index contributed by atoms with van der Waals surface area (Å²) < 4.78 is 4.59. The number of aliphatic carboxylic acids is 1. The molecule has 0 aliphatic heterocycles. The number of hydrogen-bond acceptors (Lipinski definition) is 3. The number of unbranched alkanes of at least 4 members (excludes halogenated alkanes) is 14. The first-order valence-electron chi connectivity index (χ1n) is 11.2. The number of carboxylic acids is 1. The molecule has 0 rings (SSSR count). The molecular weight excluding hydrogens is 340 g/mol. The smallest absolute Gasteiger partial charge is 0.341 e.